The van der Waals surface area contributed by atoms with Crippen LogP contribution in [-0.4, -0.2) is 14.2 Å². The molecule has 0 amide bonds. The van der Waals surface area contributed by atoms with E-state index < -0.39 is 10.0 Å². The van der Waals surface area contributed by atoms with E-state index in [4.69, 9.17) is 5.14 Å². The second-order valence-electron chi connectivity index (χ2n) is 8.43. The van der Waals surface area contributed by atoms with E-state index in [0.29, 0.717) is 11.3 Å². The van der Waals surface area contributed by atoms with E-state index in [9.17, 15) is 13.2 Å². The van der Waals surface area contributed by atoms with Gasteiger partial charge in [-0.1, -0.05) is 64.1 Å². The summed E-state index contributed by atoms with van der Waals surface area (Å²) < 4.78 is 23.2. The number of thiophene rings is 1. The smallest absolute Gasteiger partial charge is 0.238 e. The van der Waals surface area contributed by atoms with Gasteiger partial charge in [0.15, 0.2) is 5.78 Å². The third-order valence-corrected chi connectivity index (χ3v) is 7.52. The predicted molar refractivity (Wildman–Crippen MR) is 125 cm³/mol. The van der Waals surface area contributed by atoms with E-state index in [-0.39, 0.29) is 16.1 Å². The molecule has 0 saturated heterocycles. The Labute approximate surface area is 182 Å². The number of Topliss-reactive ketones (excluding diaryl/α,β-unsaturated/α-hetero) is 1. The molecular weight excluding hydrogens is 414 g/mol. The molecule has 0 fully saturated rings. The van der Waals surface area contributed by atoms with Crippen LogP contribution in [0.3, 0.4) is 0 Å². The zero-order valence-corrected chi connectivity index (χ0v) is 19.6. The molecule has 3 rings (SSSR count). The average Bonchev–Trinajstić information content (AvgIpc) is 3.03. The Bertz CT molecular complexity index is 1180. The molecule has 3 aromatic rings. The van der Waals surface area contributed by atoms with E-state index in [1.807, 2.05) is 13.8 Å². The Morgan fingerprint density at radius 1 is 0.967 bits per heavy atom. The van der Waals surface area contributed by atoms with Crippen LogP contribution in [0.1, 0.15) is 54.9 Å². The summed E-state index contributed by atoms with van der Waals surface area (Å²) in [6, 6.07) is 14.9. The van der Waals surface area contributed by atoms with Crippen molar-refractivity contribution in [2.24, 2.45) is 5.14 Å². The van der Waals surface area contributed by atoms with Crippen molar-refractivity contribution in [3.8, 4) is 21.6 Å². The second-order valence-corrected chi connectivity index (χ2v) is 11.0. The van der Waals surface area contributed by atoms with Crippen molar-refractivity contribution < 1.29 is 13.2 Å². The first-order valence-electron chi connectivity index (χ1n) is 9.84. The average molecular weight is 442 g/mol. The molecular formula is C24H27NO3S2. The normalized spacial score (nSPS) is 12.2. The summed E-state index contributed by atoms with van der Waals surface area (Å²) in [6.07, 6.45) is 0.407. The lowest BCUT2D eigenvalue weighted by molar-refractivity contribution is 0.0992. The zero-order valence-electron chi connectivity index (χ0n) is 17.9. The first-order chi connectivity index (χ1) is 13.9. The summed E-state index contributed by atoms with van der Waals surface area (Å²) in [6.45, 7) is 10.4. The largest absolute Gasteiger partial charge is 0.293 e. The van der Waals surface area contributed by atoms with Crippen molar-refractivity contribution in [1.29, 1.82) is 0 Å². The summed E-state index contributed by atoms with van der Waals surface area (Å²) in [5.41, 5.74) is 5.09. The Kier molecular flexibility index (Phi) is 6.05. The number of hydrogen-bond donors (Lipinski definition) is 1. The highest BCUT2D eigenvalue weighted by Gasteiger charge is 2.22. The van der Waals surface area contributed by atoms with Crippen LogP contribution in [0.4, 0.5) is 0 Å². The molecule has 0 aliphatic rings. The van der Waals surface area contributed by atoms with Gasteiger partial charge in [-0.2, -0.15) is 0 Å². The van der Waals surface area contributed by atoms with E-state index >= 15 is 0 Å². The number of rotatable bonds is 5. The minimum atomic E-state index is -3.76. The van der Waals surface area contributed by atoms with Crippen molar-refractivity contribution in [2.45, 2.75) is 51.3 Å². The fourth-order valence-electron chi connectivity index (χ4n) is 3.43. The van der Waals surface area contributed by atoms with Gasteiger partial charge in [-0.05, 0) is 46.7 Å². The summed E-state index contributed by atoms with van der Waals surface area (Å²) in [5.74, 6) is 0.0752. The summed E-state index contributed by atoms with van der Waals surface area (Å²) >= 11 is 1.50. The maximum absolute atomic E-state index is 12.7. The number of benzene rings is 2. The first kappa shape index (κ1) is 22.4. The molecule has 0 atom stereocenters. The quantitative estimate of drug-likeness (QED) is 0.499. The van der Waals surface area contributed by atoms with Gasteiger partial charge in [0.25, 0.3) is 0 Å². The Morgan fingerprint density at radius 3 is 1.97 bits per heavy atom. The lowest BCUT2D eigenvalue weighted by Gasteiger charge is -2.19. The number of carbonyl (C=O) groups is 1. The maximum Gasteiger partial charge on any atom is 0.238 e. The number of carbonyl (C=O) groups excluding carboxylic acids is 1. The van der Waals surface area contributed by atoms with Gasteiger partial charge in [-0.25, -0.2) is 13.6 Å². The third-order valence-electron chi connectivity index (χ3n) is 5.21. The Balaban J connectivity index is 2.15. The number of ketones is 1. The fraction of sp³-hybridized carbons (Fsp3) is 0.292. The van der Waals surface area contributed by atoms with E-state index in [0.717, 1.165) is 27.1 Å². The number of sulfonamides is 1. The van der Waals surface area contributed by atoms with Crippen molar-refractivity contribution >= 4 is 27.1 Å². The van der Waals surface area contributed by atoms with Crippen LogP contribution in [0.15, 0.2) is 53.4 Å². The SMILES string of the molecule is CCC(=O)c1sc(-c2ccc(C(C)(C)C)cc2)c(C)c1-c1ccc(S(N)(=O)=O)cc1. The number of primary sulfonamides is 1. The van der Waals surface area contributed by atoms with Gasteiger partial charge in [-0.15, -0.1) is 11.3 Å². The standard InChI is InChI=1S/C24H27NO3S2/c1-6-20(26)23-21(16-9-13-19(14-10-16)30(25,27)28)15(2)22(29-23)17-7-11-18(12-8-17)24(3,4)5/h7-14H,6H2,1-5H3,(H2,25,27,28). The summed E-state index contributed by atoms with van der Waals surface area (Å²) in [7, 11) is -3.76. The molecule has 2 N–H and O–H groups in total. The molecule has 0 spiro atoms. The summed E-state index contributed by atoms with van der Waals surface area (Å²) in [4.78, 5) is 14.5. The topological polar surface area (TPSA) is 77.2 Å². The van der Waals surface area contributed by atoms with Crippen LogP contribution in [0.25, 0.3) is 21.6 Å². The van der Waals surface area contributed by atoms with Gasteiger partial charge in [0, 0.05) is 16.9 Å². The molecule has 30 heavy (non-hydrogen) atoms. The highest BCUT2D eigenvalue weighted by Crippen LogP contribution is 2.43. The van der Waals surface area contributed by atoms with Crippen LogP contribution >= 0.6 is 11.3 Å². The highest BCUT2D eigenvalue weighted by atomic mass is 32.2. The van der Waals surface area contributed by atoms with Gasteiger partial charge < -0.3 is 0 Å². The molecule has 1 aromatic heterocycles. The van der Waals surface area contributed by atoms with Crippen LogP contribution in [0.2, 0.25) is 0 Å². The molecule has 1 heterocycles. The molecule has 0 radical (unpaired) electrons. The van der Waals surface area contributed by atoms with Crippen molar-refractivity contribution in [3.05, 3.63) is 64.5 Å². The molecule has 0 unspecified atom stereocenters. The summed E-state index contributed by atoms with van der Waals surface area (Å²) in [5, 5.41) is 5.22. The molecule has 0 bridgehead atoms. The third kappa shape index (κ3) is 4.41. The van der Waals surface area contributed by atoms with Gasteiger partial charge in [0.1, 0.15) is 0 Å². The molecule has 0 saturated carbocycles. The highest BCUT2D eigenvalue weighted by molar-refractivity contribution is 7.89. The van der Waals surface area contributed by atoms with Gasteiger partial charge in [0.2, 0.25) is 10.0 Å². The van der Waals surface area contributed by atoms with Crippen molar-refractivity contribution in [1.82, 2.24) is 0 Å². The zero-order chi connectivity index (χ0) is 22.3. The molecule has 158 valence electrons. The number of nitrogens with two attached hydrogens (primary N) is 1. The van der Waals surface area contributed by atoms with Gasteiger partial charge >= 0.3 is 0 Å². The lowest BCUT2D eigenvalue weighted by Crippen LogP contribution is -2.11. The minimum Gasteiger partial charge on any atom is -0.293 e. The maximum atomic E-state index is 12.7. The molecule has 6 heteroatoms. The van der Waals surface area contributed by atoms with Crippen LogP contribution in [0.5, 0.6) is 0 Å². The first-order valence-corrected chi connectivity index (χ1v) is 12.2. The van der Waals surface area contributed by atoms with Crippen LogP contribution in [-0.2, 0) is 15.4 Å². The van der Waals surface area contributed by atoms with Crippen molar-refractivity contribution in [3.63, 3.8) is 0 Å². The Hall–Kier alpha value is -2.28. The van der Waals surface area contributed by atoms with Gasteiger partial charge in [-0.3, -0.25) is 4.79 Å². The second kappa shape index (κ2) is 8.10. The fourth-order valence-corrected chi connectivity index (χ4v) is 5.29. The lowest BCUT2D eigenvalue weighted by atomic mass is 9.86. The Morgan fingerprint density at radius 2 is 1.50 bits per heavy atom. The molecule has 0 aliphatic heterocycles. The molecule has 2 aromatic carbocycles. The van der Waals surface area contributed by atoms with Crippen LogP contribution in [0, 0.1) is 6.92 Å². The number of hydrogen-bond acceptors (Lipinski definition) is 4. The molecule has 4 nitrogen and oxygen atoms in total. The van der Waals surface area contributed by atoms with E-state index in [1.165, 1.54) is 29.0 Å². The van der Waals surface area contributed by atoms with E-state index in [1.54, 1.807) is 12.1 Å². The molecule has 0 aliphatic carbocycles. The van der Waals surface area contributed by atoms with Crippen LogP contribution < -0.4 is 5.14 Å². The predicted octanol–water partition coefficient (Wildman–Crippen LogP) is 5.93. The van der Waals surface area contributed by atoms with Gasteiger partial charge in [0.05, 0.1) is 9.77 Å². The minimum absolute atomic E-state index is 0.0560. The monoisotopic (exact) mass is 441 g/mol. The van der Waals surface area contributed by atoms with E-state index in [2.05, 4.69) is 45.0 Å². The van der Waals surface area contributed by atoms with Crippen molar-refractivity contribution in [2.75, 3.05) is 0 Å².